The first kappa shape index (κ1) is 22.7. The monoisotopic (exact) mass is 457 g/mol. The number of hydrogen-bond acceptors (Lipinski definition) is 2. The van der Waals surface area contributed by atoms with Gasteiger partial charge in [0, 0.05) is 22.0 Å². The second-order valence-corrected chi connectivity index (χ2v) is 7.93. The Hall–Kier alpha value is -2.02. The fourth-order valence-electron chi connectivity index (χ4n) is 3.51. The zero-order valence-electron chi connectivity index (χ0n) is 16.1. The molecular weight excluding hydrogens is 438 g/mol. The minimum Gasteiger partial charge on any atom is -0.395 e. The maximum atomic E-state index is 13.3. The molecule has 1 unspecified atom stereocenters. The Kier molecular flexibility index (Phi) is 6.80. The van der Waals surface area contributed by atoms with Crippen LogP contribution in [0.2, 0.25) is 10.0 Å². The Labute approximate surface area is 181 Å². The first-order valence-electron chi connectivity index (χ1n) is 9.48. The van der Waals surface area contributed by atoms with Crippen molar-refractivity contribution in [3.05, 3.63) is 57.6 Å². The molecule has 2 N–H and O–H groups in total. The van der Waals surface area contributed by atoms with Crippen molar-refractivity contribution in [3.63, 3.8) is 0 Å². The molecule has 0 aliphatic heterocycles. The summed E-state index contributed by atoms with van der Waals surface area (Å²) in [4.78, 5) is 12.7. The van der Waals surface area contributed by atoms with E-state index in [0.717, 1.165) is 25.0 Å². The van der Waals surface area contributed by atoms with E-state index in [9.17, 15) is 23.1 Å². The van der Waals surface area contributed by atoms with E-state index in [1.807, 2.05) is 6.92 Å². The molecule has 0 bridgehead atoms. The molecule has 3 rings (SSSR count). The quantitative estimate of drug-likeness (QED) is 0.336. The Morgan fingerprint density at radius 2 is 1.77 bits per heavy atom. The molecule has 0 heterocycles. The molecule has 3 nitrogen and oxygen atoms in total. The zero-order valence-corrected chi connectivity index (χ0v) is 17.6. The van der Waals surface area contributed by atoms with Gasteiger partial charge in [0.05, 0.1) is 18.1 Å². The molecule has 0 aliphatic rings. The minimum absolute atomic E-state index is 0.251. The van der Waals surface area contributed by atoms with Gasteiger partial charge in [-0.3, -0.25) is 4.79 Å². The molecule has 0 aliphatic carbocycles. The zero-order chi connectivity index (χ0) is 22.1. The molecule has 0 saturated carbocycles. The van der Waals surface area contributed by atoms with Crippen LogP contribution in [0.5, 0.6) is 0 Å². The van der Waals surface area contributed by atoms with Gasteiger partial charge in [0.1, 0.15) is 0 Å². The third kappa shape index (κ3) is 4.51. The molecule has 0 fully saturated rings. The summed E-state index contributed by atoms with van der Waals surface area (Å²) in [7, 11) is 0. The van der Waals surface area contributed by atoms with Crippen LogP contribution >= 0.6 is 23.2 Å². The van der Waals surface area contributed by atoms with E-state index in [-0.39, 0.29) is 15.4 Å². The number of fused-ring (bicyclic) bond motifs is 3. The Balaban J connectivity index is 2.28. The van der Waals surface area contributed by atoms with E-state index in [4.69, 9.17) is 23.2 Å². The van der Waals surface area contributed by atoms with E-state index in [1.54, 1.807) is 12.1 Å². The van der Waals surface area contributed by atoms with Crippen LogP contribution in [-0.4, -0.2) is 24.2 Å². The lowest BCUT2D eigenvalue weighted by molar-refractivity contribution is -0.137. The largest absolute Gasteiger partial charge is 0.416 e. The molecule has 0 spiro atoms. The van der Waals surface area contributed by atoms with Crippen LogP contribution in [0.25, 0.3) is 21.5 Å². The van der Waals surface area contributed by atoms with Crippen molar-refractivity contribution in [2.75, 3.05) is 13.2 Å². The number of aliphatic hydroxyl groups is 1. The van der Waals surface area contributed by atoms with Crippen molar-refractivity contribution in [2.24, 2.45) is 0 Å². The van der Waals surface area contributed by atoms with Gasteiger partial charge < -0.3 is 10.4 Å². The average molecular weight is 458 g/mol. The number of alkyl halides is 3. The van der Waals surface area contributed by atoms with Gasteiger partial charge >= 0.3 is 6.18 Å². The topological polar surface area (TPSA) is 49.3 Å². The normalized spacial score (nSPS) is 13.0. The van der Waals surface area contributed by atoms with Crippen LogP contribution in [0, 0.1) is 0 Å². The Bertz CT molecular complexity index is 1100. The van der Waals surface area contributed by atoms with Gasteiger partial charge in [-0.1, -0.05) is 42.6 Å². The third-order valence-electron chi connectivity index (χ3n) is 5.05. The van der Waals surface area contributed by atoms with Crippen molar-refractivity contribution in [2.45, 2.75) is 31.9 Å². The number of carbonyl (C=O) groups is 1. The minimum atomic E-state index is -4.53. The number of benzene rings is 3. The molecule has 30 heavy (non-hydrogen) atoms. The maximum absolute atomic E-state index is 13.3. The SMILES string of the molecule is CCCCNC(=O)C(CO)c1cc2c(Cl)cc(Cl)cc2c2cc(C(F)(F)F)ccc12. The summed E-state index contributed by atoms with van der Waals surface area (Å²) >= 11 is 12.4. The van der Waals surface area contributed by atoms with Gasteiger partial charge in [-0.2, -0.15) is 13.2 Å². The molecular formula is C22H20Cl2F3NO2. The van der Waals surface area contributed by atoms with Gasteiger partial charge in [0.25, 0.3) is 0 Å². The number of nitrogens with one attached hydrogen (secondary N) is 1. The summed E-state index contributed by atoms with van der Waals surface area (Å²) < 4.78 is 40.0. The molecule has 0 aromatic heterocycles. The lowest BCUT2D eigenvalue weighted by Crippen LogP contribution is -2.32. The summed E-state index contributed by atoms with van der Waals surface area (Å²) in [6, 6.07) is 7.99. The van der Waals surface area contributed by atoms with Crippen LogP contribution in [0.3, 0.4) is 0 Å². The van der Waals surface area contributed by atoms with E-state index in [2.05, 4.69) is 5.32 Å². The van der Waals surface area contributed by atoms with Gasteiger partial charge in [0.2, 0.25) is 5.91 Å². The second-order valence-electron chi connectivity index (χ2n) is 7.09. The molecule has 3 aromatic carbocycles. The highest BCUT2D eigenvalue weighted by Crippen LogP contribution is 2.40. The van der Waals surface area contributed by atoms with Crippen molar-refractivity contribution < 1.29 is 23.1 Å². The van der Waals surface area contributed by atoms with Gasteiger partial charge in [-0.25, -0.2) is 0 Å². The number of unbranched alkanes of at least 4 members (excludes halogenated alkanes) is 1. The van der Waals surface area contributed by atoms with Crippen LogP contribution < -0.4 is 5.32 Å². The summed E-state index contributed by atoms with van der Waals surface area (Å²) in [5.74, 6) is -1.34. The van der Waals surface area contributed by atoms with Crippen LogP contribution in [0.4, 0.5) is 13.2 Å². The van der Waals surface area contributed by atoms with Crippen molar-refractivity contribution >= 4 is 50.7 Å². The number of carbonyl (C=O) groups excluding carboxylic acids is 1. The van der Waals surface area contributed by atoms with Crippen molar-refractivity contribution in [1.82, 2.24) is 5.32 Å². The van der Waals surface area contributed by atoms with E-state index >= 15 is 0 Å². The Morgan fingerprint density at radius 1 is 1.07 bits per heavy atom. The third-order valence-corrected chi connectivity index (χ3v) is 5.58. The highest BCUT2D eigenvalue weighted by atomic mass is 35.5. The fraction of sp³-hybridized carbons (Fsp3) is 0.318. The van der Waals surface area contributed by atoms with Gasteiger partial charge in [-0.15, -0.1) is 0 Å². The summed E-state index contributed by atoms with van der Waals surface area (Å²) in [5, 5.41) is 14.9. The molecule has 8 heteroatoms. The number of halogens is 5. The van der Waals surface area contributed by atoms with E-state index in [1.165, 1.54) is 12.1 Å². The Morgan fingerprint density at radius 3 is 2.40 bits per heavy atom. The maximum Gasteiger partial charge on any atom is 0.416 e. The summed E-state index contributed by atoms with van der Waals surface area (Å²) in [5.41, 5.74) is -0.413. The first-order valence-corrected chi connectivity index (χ1v) is 10.2. The highest BCUT2D eigenvalue weighted by molar-refractivity contribution is 6.39. The second kappa shape index (κ2) is 9.00. The number of hydrogen-bond donors (Lipinski definition) is 2. The first-order chi connectivity index (χ1) is 14.2. The number of rotatable bonds is 6. The van der Waals surface area contributed by atoms with Gasteiger partial charge in [0.15, 0.2) is 0 Å². The van der Waals surface area contributed by atoms with Crippen molar-refractivity contribution in [1.29, 1.82) is 0 Å². The standard InChI is InChI=1S/C22H20Cl2F3NO2/c1-2-3-6-28-21(30)19(11-29)17-10-18-16(8-13(23)9-20(18)24)15-7-12(22(25,26)27)4-5-14(15)17/h4-5,7-10,19,29H,2-3,6,11H2,1H3,(H,28,30). The van der Waals surface area contributed by atoms with E-state index in [0.29, 0.717) is 28.3 Å². The van der Waals surface area contributed by atoms with E-state index < -0.39 is 30.2 Å². The lowest BCUT2D eigenvalue weighted by atomic mass is 9.88. The van der Waals surface area contributed by atoms with Crippen LogP contribution in [-0.2, 0) is 11.0 Å². The lowest BCUT2D eigenvalue weighted by Gasteiger charge is -2.20. The van der Waals surface area contributed by atoms with Gasteiger partial charge in [-0.05, 0) is 58.5 Å². The number of amides is 1. The number of aliphatic hydroxyl groups excluding tert-OH is 1. The summed E-state index contributed by atoms with van der Waals surface area (Å²) in [6.07, 6.45) is -2.87. The molecule has 1 amide bonds. The average Bonchev–Trinajstić information content (AvgIpc) is 2.68. The highest BCUT2D eigenvalue weighted by Gasteiger charge is 2.31. The summed E-state index contributed by atoms with van der Waals surface area (Å²) in [6.45, 7) is 1.94. The predicted octanol–water partition coefficient (Wildman–Crippen LogP) is 6.31. The fourth-order valence-corrected chi connectivity index (χ4v) is 4.05. The van der Waals surface area contributed by atoms with Crippen molar-refractivity contribution in [3.8, 4) is 0 Å². The predicted molar refractivity (Wildman–Crippen MR) is 114 cm³/mol. The van der Waals surface area contributed by atoms with Crippen LogP contribution in [0.1, 0.15) is 36.8 Å². The smallest absolute Gasteiger partial charge is 0.395 e. The molecule has 3 aromatic rings. The molecule has 160 valence electrons. The molecule has 0 saturated heterocycles. The van der Waals surface area contributed by atoms with Crippen LogP contribution in [0.15, 0.2) is 36.4 Å². The molecule has 0 radical (unpaired) electrons. The molecule has 1 atom stereocenters.